The van der Waals surface area contributed by atoms with E-state index in [0.29, 0.717) is 5.88 Å². The van der Waals surface area contributed by atoms with Crippen LogP contribution in [0.3, 0.4) is 0 Å². The third kappa shape index (κ3) is 2.85. The summed E-state index contributed by atoms with van der Waals surface area (Å²) in [5.41, 5.74) is 2.96. The van der Waals surface area contributed by atoms with Gasteiger partial charge in [-0.1, -0.05) is 17.7 Å². The summed E-state index contributed by atoms with van der Waals surface area (Å²) >= 11 is 6.00. The molecular weight excluding hydrogens is 262 g/mol. The summed E-state index contributed by atoms with van der Waals surface area (Å²) in [7, 11) is 3.47. The average molecular weight is 278 g/mol. The largest absolute Gasteiger partial charge is 0.480 e. The standard InChI is InChI=1S/C14H16ClN3O/c1-9-8-10(15)4-5-11(9)12(16-2)13-14(19-3)18-7-6-17-13/h4-8,12,16H,1-3H3. The summed E-state index contributed by atoms with van der Waals surface area (Å²) < 4.78 is 5.27. The van der Waals surface area contributed by atoms with Crippen molar-refractivity contribution in [3.63, 3.8) is 0 Å². The molecule has 4 nitrogen and oxygen atoms in total. The smallest absolute Gasteiger partial charge is 0.237 e. The number of aromatic nitrogens is 2. The maximum Gasteiger partial charge on any atom is 0.237 e. The zero-order valence-corrected chi connectivity index (χ0v) is 11.9. The Morgan fingerprint density at radius 2 is 2.00 bits per heavy atom. The van der Waals surface area contributed by atoms with Gasteiger partial charge in [-0.25, -0.2) is 4.98 Å². The predicted octanol–water partition coefficient (Wildman–Crippen LogP) is 2.76. The number of halogens is 1. The monoisotopic (exact) mass is 277 g/mol. The number of hydrogen-bond donors (Lipinski definition) is 1. The van der Waals surface area contributed by atoms with Gasteiger partial charge in [0.1, 0.15) is 5.69 Å². The van der Waals surface area contributed by atoms with E-state index in [4.69, 9.17) is 16.3 Å². The number of aryl methyl sites for hydroxylation is 1. The molecule has 1 N–H and O–H groups in total. The molecule has 0 fully saturated rings. The number of hydrogen-bond acceptors (Lipinski definition) is 4. The van der Waals surface area contributed by atoms with E-state index >= 15 is 0 Å². The molecular formula is C14H16ClN3O. The van der Waals surface area contributed by atoms with Crippen molar-refractivity contribution < 1.29 is 4.74 Å². The zero-order valence-electron chi connectivity index (χ0n) is 11.1. The van der Waals surface area contributed by atoms with Crippen LogP contribution in [0.5, 0.6) is 5.88 Å². The fourth-order valence-electron chi connectivity index (χ4n) is 2.09. The maximum absolute atomic E-state index is 6.00. The molecule has 0 aliphatic heterocycles. The van der Waals surface area contributed by atoms with E-state index in [1.54, 1.807) is 19.5 Å². The lowest BCUT2D eigenvalue weighted by Crippen LogP contribution is -2.21. The van der Waals surface area contributed by atoms with E-state index in [0.717, 1.165) is 21.8 Å². The summed E-state index contributed by atoms with van der Waals surface area (Å²) in [5, 5.41) is 3.97. The molecule has 2 rings (SSSR count). The van der Waals surface area contributed by atoms with Crippen LogP contribution in [0.15, 0.2) is 30.6 Å². The average Bonchev–Trinajstić information content (AvgIpc) is 2.42. The summed E-state index contributed by atoms with van der Waals surface area (Å²) in [4.78, 5) is 8.57. The Kier molecular flexibility index (Phi) is 4.35. The molecule has 19 heavy (non-hydrogen) atoms. The Bertz CT molecular complexity index is 574. The molecule has 0 saturated carbocycles. The lowest BCUT2D eigenvalue weighted by Gasteiger charge is -2.19. The fraction of sp³-hybridized carbons (Fsp3) is 0.286. The Hall–Kier alpha value is -1.65. The molecule has 0 saturated heterocycles. The van der Waals surface area contributed by atoms with Gasteiger partial charge in [0, 0.05) is 17.4 Å². The van der Waals surface area contributed by atoms with E-state index in [1.807, 2.05) is 32.2 Å². The number of nitrogens with one attached hydrogen (secondary N) is 1. The molecule has 0 radical (unpaired) electrons. The minimum atomic E-state index is -0.0825. The van der Waals surface area contributed by atoms with Crippen LogP contribution in [0.4, 0.5) is 0 Å². The Morgan fingerprint density at radius 1 is 1.26 bits per heavy atom. The molecule has 1 unspecified atom stereocenters. The number of ether oxygens (including phenoxy) is 1. The van der Waals surface area contributed by atoms with Gasteiger partial charge in [0.15, 0.2) is 0 Å². The molecule has 100 valence electrons. The highest BCUT2D eigenvalue weighted by molar-refractivity contribution is 6.30. The van der Waals surface area contributed by atoms with E-state index in [1.165, 1.54) is 0 Å². The van der Waals surface area contributed by atoms with Crippen molar-refractivity contribution in [2.24, 2.45) is 0 Å². The van der Waals surface area contributed by atoms with Crippen LogP contribution >= 0.6 is 11.6 Å². The Morgan fingerprint density at radius 3 is 2.63 bits per heavy atom. The molecule has 0 bridgehead atoms. The second-order valence-corrected chi connectivity index (χ2v) is 4.61. The molecule has 2 aromatic rings. The second-order valence-electron chi connectivity index (χ2n) is 4.17. The molecule has 1 aromatic heterocycles. The second kappa shape index (κ2) is 5.99. The Balaban J connectivity index is 2.50. The third-order valence-electron chi connectivity index (χ3n) is 2.99. The minimum absolute atomic E-state index is 0.0825. The number of nitrogens with zero attached hydrogens (tertiary/aromatic N) is 2. The first-order valence-corrected chi connectivity index (χ1v) is 6.33. The van der Waals surface area contributed by atoms with Gasteiger partial charge in [-0.15, -0.1) is 0 Å². The van der Waals surface area contributed by atoms with Gasteiger partial charge in [0.2, 0.25) is 5.88 Å². The van der Waals surface area contributed by atoms with Gasteiger partial charge < -0.3 is 10.1 Å². The number of methoxy groups -OCH3 is 1. The maximum atomic E-state index is 6.00. The van der Waals surface area contributed by atoms with Crippen molar-refractivity contribution in [2.75, 3.05) is 14.2 Å². The summed E-state index contributed by atoms with van der Waals surface area (Å²) in [5.74, 6) is 0.524. The first-order chi connectivity index (χ1) is 9.17. The van der Waals surface area contributed by atoms with Crippen LogP contribution < -0.4 is 10.1 Å². The van der Waals surface area contributed by atoms with Crippen LogP contribution in [0.1, 0.15) is 22.9 Å². The van der Waals surface area contributed by atoms with Crippen molar-refractivity contribution in [3.05, 3.63) is 52.4 Å². The van der Waals surface area contributed by atoms with Crippen LogP contribution in [-0.2, 0) is 0 Å². The summed E-state index contributed by atoms with van der Waals surface area (Å²) in [6, 6.07) is 5.72. The molecule has 0 amide bonds. The molecule has 0 aliphatic rings. The van der Waals surface area contributed by atoms with Crippen LogP contribution in [-0.4, -0.2) is 24.1 Å². The highest BCUT2D eigenvalue weighted by Gasteiger charge is 2.20. The van der Waals surface area contributed by atoms with Crippen molar-refractivity contribution in [2.45, 2.75) is 13.0 Å². The molecule has 5 heteroatoms. The quantitative estimate of drug-likeness (QED) is 0.933. The van der Waals surface area contributed by atoms with Crippen molar-refractivity contribution in [1.29, 1.82) is 0 Å². The molecule has 1 heterocycles. The minimum Gasteiger partial charge on any atom is -0.480 e. The van der Waals surface area contributed by atoms with Gasteiger partial charge in [-0.2, -0.15) is 0 Å². The van der Waals surface area contributed by atoms with Crippen molar-refractivity contribution in [3.8, 4) is 5.88 Å². The van der Waals surface area contributed by atoms with Crippen LogP contribution in [0.2, 0.25) is 5.02 Å². The van der Waals surface area contributed by atoms with E-state index in [2.05, 4.69) is 15.3 Å². The van der Waals surface area contributed by atoms with E-state index in [-0.39, 0.29) is 6.04 Å². The van der Waals surface area contributed by atoms with Crippen molar-refractivity contribution in [1.82, 2.24) is 15.3 Å². The first kappa shape index (κ1) is 13.8. The topological polar surface area (TPSA) is 47.0 Å². The van der Waals surface area contributed by atoms with Gasteiger partial charge in [-0.05, 0) is 37.2 Å². The fourth-order valence-corrected chi connectivity index (χ4v) is 2.32. The molecule has 1 aromatic carbocycles. The number of rotatable bonds is 4. The van der Waals surface area contributed by atoms with E-state index in [9.17, 15) is 0 Å². The first-order valence-electron chi connectivity index (χ1n) is 5.95. The lowest BCUT2D eigenvalue weighted by molar-refractivity contribution is 0.384. The van der Waals surface area contributed by atoms with Gasteiger partial charge in [-0.3, -0.25) is 4.98 Å². The summed E-state index contributed by atoms with van der Waals surface area (Å²) in [6.07, 6.45) is 3.28. The van der Waals surface area contributed by atoms with Gasteiger partial charge >= 0.3 is 0 Å². The number of benzene rings is 1. The van der Waals surface area contributed by atoms with Crippen LogP contribution in [0.25, 0.3) is 0 Å². The lowest BCUT2D eigenvalue weighted by atomic mass is 9.99. The Labute approximate surface area is 117 Å². The van der Waals surface area contributed by atoms with Gasteiger partial charge in [0.25, 0.3) is 0 Å². The zero-order chi connectivity index (χ0) is 13.8. The molecule has 0 aliphatic carbocycles. The molecule has 1 atom stereocenters. The highest BCUT2D eigenvalue weighted by Crippen LogP contribution is 2.29. The van der Waals surface area contributed by atoms with Gasteiger partial charge in [0.05, 0.1) is 13.2 Å². The SMILES string of the molecule is CNC(c1ccc(Cl)cc1C)c1nccnc1OC. The van der Waals surface area contributed by atoms with Crippen molar-refractivity contribution >= 4 is 11.6 Å². The van der Waals surface area contributed by atoms with Crippen LogP contribution in [0, 0.1) is 6.92 Å². The van der Waals surface area contributed by atoms with E-state index < -0.39 is 0 Å². The molecule has 0 spiro atoms. The highest BCUT2D eigenvalue weighted by atomic mass is 35.5. The predicted molar refractivity (Wildman–Crippen MR) is 75.7 cm³/mol. The normalized spacial score (nSPS) is 12.2. The third-order valence-corrected chi connectivity index (χ3v) is 3.22. The summed E-state index contributed by atoms with van der Waals surface area (Å²) in [6.45, 7) is 2.02.